The summed E-state index contributed by atoms with van der Waals surface area (Å²) >= 11 is 6.05. The Hall–Kier alpha value is -0.540. The average Bonchev–Trinajstić information content (AvgIpc) is 2.48. The van der Waals surface area contributed by atoms with E-state index >= 15 is 0 Å². The fraction of sp³-hybridized carbons (Fsp3) is 0.700. The third kappa shape index (κ3) is 3.00. The van der Waals surface area contributed by atoms with Crippen LogP contribution in [0, 0.1) is 0 Å². The van der Waals surface area contributed by atoms with E-state index in [1.165, 1.54) is 0 Å². The van der Waals surface area contributed by atoms with Gasteiger partial charge in [-0.15, -0.1) is 11.6 Å². The maximum atomic E-state index is 6.05. The lowest BCUT2D eigenvalue weighted by Crippen LogP contribution is -2.45. The first-order valence-corrected chi connectivity index (χ1v) is 5.23. The third-order valence-electron chi connectivity index (χ3n) is 2.49. The molecule has 80 valence electrons. The molecule has 1 N–H and O–H groups in total. The molecule has 1 unspecified atom stereocenters. The van der Waals surface area contributed by atoms with Crippen molar-refractivity contribution in [3.63, 3.8) is 0 Å². The summed E-state index contributed by atoms with van der Waals surface area (Å²) in [5.74, 6) is 0. The Bertz CT molecular complexity index is 291. The summed E-state index contributed by atoms with van der Waals surface area (Å²) in [6, 6.07) is 2.00. The number of alkyl halides is 1. The van der Waals surface area contributed by atoms with Gasteiger partial charge in [-0.2, -0.15) is 5.10 Å². The van der Waals surface area contributed by atoms with E-state index < -0.39 is 0 Å². The summed E-state index contributed by atoms with van der Waals surface area (Å²) in [6.07, 6.45) is 1.94. The van der Waals surface area contributed by atoms with Gasteiger partial charge in [0, 0.05) is 30.7 Å². The van der Waals surface area contributed by atoms with Gasteiger partial charge in [-0.25, -0.2) is 0 Å². The first-order chi connectivity index (χ1) is 6.42. The topological polar surface area (TPSA) is 29.9 Å². The average molecular weight is 216 g/mol. The number of halogens is 1. The molecule has 0 saturated heterocycles. The van der Waals surface area contributed by atoms with Crippen LogP contribution >= 0.6 is 11.6 Å². The normalized spacial score (nSPS) is 14.4. The fourth-order valence-electron chi connectivity index (χ4n) is 1.02. The summed E-state index contributed by atoms with van der Waals surface area (Å²) in [7, 11) is 1.92. The van der Waals surface area contributed by atoms with Gasteiger partial charge in [0.05, 0.1) is 5.69 Å². The monoisotopic (exact) mass is 215 g/mol. The highest BCUT2D eigenvalue weighted by Crippen LogP contribution is 2.15. The second-order valence-electron chi connectivity index (χ2n) is 4.17. The lowest BCUT2D eigenvalue weighted by Gasteiger charge is -2.28. The minimum absolute atomic E-state index is 0.0704. The van der Waals surface area contributed by atoms with Crippen molar-refractivity contribution < 1.29 is 0 Å². The second-order valence-corrected chi connectivity index (χ2v) is 4.83. The van der Waals surface area contributed by atoms with Crippen LogP contribution in [-0.4, -0.2) is 20.7 Å². The lowest BCUT2D eigenvalue weighted by atomic mass is 10.0. The van der Waals surface area contributed by atoms with E-state index in [0.717, 1.165) is 12.2 Å². The Morgan fingerprint density at radius 1 is 1.64 bits per heavy atom. The Balaban J connectivity index is 2.48. The van der Waals surface area contributed by atoms with E-state index in [4.69, 9.17) is 11.6 Å². The van der Waals surface area contributed by atoms with E-state index in [1.807, 2.05) is 26.2 Å². The smallest absolute Gasteiger partial charge is 0.0762 e. The predicted octanol–water partition coefficient (Wildman–Crippen LogP) is 1.92. The lowest BCUT2D eigenvalue weighted by molar-refractivity contribution is 0.377. The Labute approximate surface area is 90.4 Å². The molecular weight excluding hydrogens is 198 g/mol. The summed E-state index contributed by atoms with van der Waals surface area (Å²) in [6.45, 7) is 6.93. The Morgan fingerprint density at radius 2 is 2.29 bits per heavy atom. The van der Waals surface area contributed by atoms with Gasteiger partial charge >= 0.3 is 0 Å². The van der Waals surface area contributed by atoms with Crippen LogP contribution in [0.15, 0.2) is 12.3 Å². The quantitative estimate of drug-likeness (QED) is 0.778. The Kier molecular flexibility index (Phi) is 3.56. The highest BCUT2D eigenvalue weighted by Gasteiger charge is 2.23. The van der Waals surface area contributed by atoms with Gasteiger partial charge in [-0.1, -0.05) is 0 Å². The number of hydrogen-bond donors (Lipinski definition) is 1. The molecule has 0 amide bonds. The van der Waals surface area contributed by atoms with Gasteiger partial charge in [-0.3, -0.25) is 4.68 Å². The Morgan fingerprint density at radius 3 is 2.71 bits per heavy atom. The van der Waals surface area contributed by atoms with Gasteiger partial charge in [0.2, 0.25) is 0 Å². The maximum absolute atomic E-state index is 6.05. The summed E-state index contributed by atoms with van der Waals surface area (Å²) in [4.78, 5) is 0. The first kappa shape index (κ1) is 11.5. The number of aromatic nitrogens is 2. The molecule has 0 aliphatic heterocycles. The van der Waals surface area contributed by atoms with Gasteiger partial charge in [0.1, 0.15) is 0 Å². The fourth-order valence-corrected chi connectivity index (χ4v) is 1.09. The largest absolute Gasteiger partial charge is 0.305 e. The van der Waals surface area contributed by atoms with Gasteiger partial charge in [-0.05, 0) is 26.8 Å². The zero-order valence-corrected chi connectivity index (χ0v) is 9.97. The van der Waals surface area contributed by atoms with Crippen molar-refractivity contribution >= 4 is 11.6 Å². The van der Waals surface area contributed by atoms with E-state index in [2.05, 4.69) is 24.3 Å². The summed E-state index contributed by atoms with van der Waals surface area (Å²) < 4.78 is 1.80. The van der Waals surface area contributed by atoms with Crippen LogP contribution in [0.5, 0.6) is 0 Å². The van der Waals surface area contributed by atoms with Gasteiger partial charge < -0.3 is 5.32 Å². The van der Waals surface area contributed by atoms with E-state index in [0.29, 0.717) is 0 Å². The van der Waals surface area contributed by atoms with Gasteiger partial charge in [0.15, 0.2) is 0 Å². The van der Waals surface area contributed by atoms with Crippen LogP contribution in [0.1, 0.15) is 26.5 Å². The van der Waals surface area contributed by atoms with Gasteiger partial charge in [0.25, 0.3) is 0 Å². The minimum atomic E-state index is -0.0704. The second kappa shape index (κ2) is 4.32. The van der Waals surface area contributed by atoms with Crippen molar-refractivity contribution in [2.45, 2.75) is 38.2 Å². The molecular formula is C10H18ClN3. The standard InChI is InChI=1S/C10H18ClN3/c1-8(11)10(2,3)12-7-9-5-6-14(4)13-9/h5-6,8,12H,7H2,1-4H3. The van der Waals surface area contributed by atoms with Crippen molar-refractivity contribution in [2.24, 2.45) is 7.05 Å². The molecule has 0 radical (unpaired) electrons. The molecule has 0 saturated carbocycles. The third-order valence-corrected chi connectivity index (χ3v) is 3.03. The molecule has 1 atom stereocenters. The highest BCUT2D eigenvalue weighted by atomic mass is 35.5. The molecule has 0 aliphatic rings. The SMILES string of the molecule is CC(Cl)C(C)(C)NCc1ccn(C)n1. The number of rotatable bonds is 4. The van der Waals surface area contributed by atoms with Crippen LogP contribution in [0.4, 0.5) is 0 Å². The number of nitrogens with one attached hydrogen (secondary N) is 1. The highest BCUT2D eigenvalue weighted by molar-refractivity contribution is 6.21. The number of aryl methyl sites for hydroxylation is 1. The van der Waals surface area contributed by atoms with Crippen molar-refractivity contribution in [3.05, 3.63) is 18.0 Å². The summed E-state index contributed by atoms with van der Waals surface area (Å²) in [5.41, 5.74) is 0.969. The molecule has 4 heteroatoms. The van der Waals surface area contributed by atoms with Crippen molar-refractivity contribution in [1.29, 1.82) is 0 Å². The number of nitrogens with zero attached hydrogens (tertiary/aromatic N) is 2. The van der Waals surface area contributed by atoms with E-state index in [-0.39, 0.29) is 10.9 Å². The van der Waals surface area contributed by atoms with E-state index in [9.17, 15) is 0 Å². The zero-order valence-electron chi connectivity index (χ0n) is 9.21. The minimum Gasteiger partial charge on any atom is -0.305 e. The van der Waals surface area contributed by atoms with Crippen molar-refractivity contribution in [1.82, 2.24) is 15.1 Å². The van der Waals surface area contributed by atoms with Crippen LogP contribution < -0.4 is 5.32 Å². The molecule has 1 aromatic rings. The molecule has 0 spiro atoms. The van der Waals surface area contributed by atoms with Crippen LogP contribution in [0.3, 0.4) is 0 Å². The zero-order chi connectivity index (χ0) is 10.8. The summed E-state index contributed by atoms with van der Waals surface area (Å²) in [5, 5.41) is 7.75. The molecule has 1 aromatic heterocycles. The number of hydrogen-bond acceptors (Lipinski definition) is 2. The van der Waals surface area contributed by atoms with Crippen LogP contribution in [0.25, 0.3) is 0 Å². The van der Waals surface area contributed by atoms with Crippen LogP contribution in [-0.2, 0) is 13.6 Å². The van der Waals surface area contributed by atoms with E-state index in [1.54, 1.807) is 4.68 Å². The maximum Gasteiger partial charge on any atom is 0.0762 e. The van der Waals surface area contributed by atoms with Crippen molar-refractivity contribution in [3.8, 4) is 0 Å². The van der Waals surface area contributed by atoms with Crippen LogP contribution in [0.2, 0.25) is 0 Å². The van der Waals surface area contributed by atoms with Crippen molar-refractivity contribution in [2.75, 3.05) is 0 Å². The molecule has 0 aromatic carbocycles. The molecule has 0 aliphatic carbocycles. The molecule has 0 bridgehead atoms. The predicted molar refractivity (Wildman–Crippen MR) is 59.4 cm³/mol. The molecule has 0 fully saturated rings. The molecule has 14 heavy (non-hydrogen) atoms. The molecule has 1 rings (SSSR count). The first-order valence-electron chi connectivity index (χ1n) is 4.79. The molecule has 3 nitrogen and oxygen atoms in total. The molecule has 1 heterocycles.